The van der Waals surface area contributed by atoms with Crippen LogP contribution in [0.3, 0.4) is 0 Å². The van der Waals surface area contributed by atoms with Crippen LogP contribution in [0.15, 0.2) is 60.8 Å². The van der Waals surface area contributed by atoms with Gasteiger partial charge in [0, 0.05) is 17.5 Å². The van der Waals surface area contributed by atoms with Crippen LogP contribution in [0.2, 0.25) is 0 Å². The van der Waals surface area contributed by atoms with Crippen molar-refractivity contribution < 1.29 is 18.6 Å². The second-order valence-electron chi connectivity index (χ2n) is 6.22. The Bertz CT molecular complexity index is 1110. The summed E-state index contributed by atoms with van der Waals surface area (Å²) >= 11 is 0. The summed E-state index contributed by atoms with van der Waals surface area (Å²) in [5.41, 5.74) is 3.60. The van der Waals surface area contributed by atoms with Crippen molar-refractivity contribution in [2.45, 2.75) is 0 Å². The zero-order valence-corrected chi connectivity index (χ0v) is 15.8. The number of methoxy groups -OCH3 is 3. The topological polar surface area (TPSA) is 45.5 Å². The van der Waals surface area contributed by atoms with Gasteiger partial charge >= 0.3 is 0 Å². The van der Waals surface area contributed by atoms with Gasteiger partial charge in [0.05, 0.1) is 38.7 Å². The highest BCUT2D eigenvalue weighted by atomic mass is 19.1. The number of aromatic nitrogens is 2. The van der Waals surface area contributed by atoms with E-state index in [1.807, 2.05) is 35.0 Å². The molecule has 0 aliphatic heterocycles. The molecule has 4 aromatic rings. The highest BCUT2D eigenvalue weighted by Gasteiger charge is 2.16. The van der Waals surface area contributed by atoms with Crippen molar-refractivity contribution in [1.82, 2.24) is 9.78 Å². The van der Waals surface area contributed by atoms with E-state index in [4.69, 9.17) is 14.2 Å². The van der Waals surface area contributed by atoms with Crippen LogP contribution in [0.5, 0.6) is 17.2 Å². The van der Waals surface area contributed by atoms with E-state index >= 15 is 0 Å². The van der Waals surface area contributed by atoms with Crippen molar-refractivity contribution in [2.75, 3.05) is 21.3 Å². The molecular weight excluding hydrogens is 359 g/mol. The molecule has 0 amide bonds. The Morgan fingerprint density at radius 3 is 2.04 bits per heavy atom. The number of halogens is 1. The normalized spacial score (nSPS) is 10.9. The van der Waals surface area contributed by atoms with Gasteiger partial charge in [0.1, 0.15) is 5.82 Å². The minimum atomic E-state index is -0.257. The number of rotatable bonds is 5. The molecule has 0 radical (unpaired) electrons. The Labute approximate surface area is 161 Å². The van der Waals surface area contributed by atoms with E-state index in [9.17, 15) is 4.39 Å². The molecular formula is C22H19FN2O3. The first kappa shape index (κ1) is 17.9. The van der Waals surface area contributed by atoms with Crippen LogP contribution >= 0.6 is 0 Å². The van der Waals surface area contributed by atoms with Gasteiger partial charge in [-0.15, -0.1) is 0 Å². The SMILES string of the molecule is COc1cc(-n2ncc3ccc(-c4ccc(F)cc4)cc32)cc(OC)c1OC. The fraction of sp³-hybridized carbons (Fsp3) is 0.136. The zero-order chi connectivity index (χ0) is 19.7. The highest BCUT2D eigenvalue weighted by Crippen LogP contribution is 2.40. The third-order valence-electron chi connectivity index (χ3n) is 4.64. The number of benzene rings is 3. The fourth-order valence-corrected chi connectivity index (χ4v) is 3.24. The standard InChI is InChI=1S/C22H19FN2O3/c1-26-20-11-18(12-21(27-2)22(20)28-3)25-19-10-15(4-5-16(19)13-24-25)14-6-8-17(23)9-7-14/h4-13H,1-3H3. The van der Waals surface area contributed by atoms with Crippen LogP contribution < -0.4 is 14.2 Å². The molecule has 0 aliphatic carbocycles. The number of hydrogen-bond donors (Lipinski definition) is 0. The van der Waals surface area contributed by atoms with Crippen LogP contribution in [-0.4, -0.2) is 31.1 Å². The maximum absolute atomic E-state index is 13.2. The molecule has 6 heteroatoms. The van der Waals surface area contributed by atoms with Crippen molar-refractivity contribution in [3.05, 3.63) is 66.6 Å². The minimum absolute atomic E-state index is 0.257. The van der Waals surface area contributed by atoms with Crippen molar-refractivity contribution in [3.63, 3.8) is 0 Å². The van der Waals surface area contributed by atoms with Crippen molar-refractivity contribution in [3.8, 4) is 34.1 Å². The van der Waals surface area contributed by atoms with Gasteiger partial charge in [-0.3, -0.25) is 0 Å². The quantitative estimate of drug-likeness (QED) is 0.498. The van der Waals surface area contributed by atoms with Gasteiger partial charge < -0.3 is 14.2 Å². The molecule has 0 saturated heterocycles. The van der Waals surface area contributed by atoms with E-state index in [-0.39, 0.29) is 5.82 Å². The van der Waals surface area contributed by atoms with Crippen LogP contribution in [-0.2, 0) is 0 Å². The Balaban J connectivity index is 1.87. The first-order valence-corrected chi connectivity index (χ1v) is 8.68. The van der Waals surface area contributed by atoms with Gasteiger partial charge in [0.25, 0.3) is 0 Å². The molecule has 1 heterocycles. The van der Waals surface area contributed by atoms with Crippen LogP contribution in [0.4, 0.5) is 4.39 Å². The molecule has 4 rings (SSSR count). The molecule has 0 aliphatic rings. The fourth-order valence-electron chi connectivity index (χ4n) is 3.24. The third-order valence-corrected chi connectivity index (χ3v) is 4.64. The van der Waals surface area contributed by atoms with Gasteiger partial charge in [-0.2, -0.15) is 5.10 Å². The summed E-state index contributed by atoms with van der Waals surface area (Å²) in [6.45, 7) is 0. The maximum Gasteiger partial charge on any atom is 0.203 e. The molecule has 0 fully saturated rings. The van der Waals surface area contributed by atoms with Gasteiger partial charge in [-0.05, 0) is 29.3 Å². The predicted octanol–water partition coefficient (Wildman–Crippen LogP) is 4.86. The largest absolute Gasteiger partial charge is 0.493 e. The van der Waals surface area contributed by atoms with E-state index < -0.39 is 0 Å². The molecule has 0 atom stereocenters. The minimum Gasteiger partial charge on any atom is -0.493 e. The number of hydrogen-bond acceptors (Lipinski definition) is 4. The Kier molecular flexibility index (Phi) is 4.61. The average molecular weight is 378 g/mol. The maximum atomic E-state index is 13.2. The molecule has 0 bridgehead atoms. The summed E-state index contributed by atoms with van der Waals surface area (Å²) in [4.78, 5) is 0. The van der Waals surface area contributed by atoms with Crippen molar-refractivity contribution >= 4 is 10.9 Å². The van der Waals surface area contributed by atoms with Gasteiger partial charge in [-0.1, -0.05) is 24.3 Å². The van der Waals surface area contributed by atoms with E-state index in [0.717, 1.165) is 27.7 Å². The lowest BCUT2D eigenvalue weighted by Gasteiger charge is -2.14. The lowest BCUT2D eigenvalue weighted by molar-refractivity contribution is 0.324. The summed E-state index contributed by atoms with van der Waals surface area (Å²) in [7, 11) is 4.72. The molecule has 142 valence electrons. The second-order valence-corrected chi connectivity index (χ2v) is 6.22. The molecule has 0 saturated carbocycles. The van der Waals surface area contributed by atoms with Crippen LogP contribution in [0.25, 0.3) is 27.7 Å². The highest BCUT2D eigenvalue weighted by molar-refractivity contribution is 5.85. The molecule has 0 spiro atoms. The van der Waals surface area contributed by atoms with Gasteiger partial charge in [0.15, 0.2) is 11.5 Å². The lowest BCUT2D eigenvalue weighted by Crippen LogP contribution is -2.01. The summed E-state index contributed by atoms with van der Waals surface area (Å²) < 4.78 is 31.4. The average Bonchev–Trinajstić information content (AvgIpc) is 3.16. The number of fused-ring (bicyclic) bond motifs is 1. The summed E-state index contributed by atoms with van der Waals surface area (Å²) in [5, 5.41) is 5.51. The smallest absolute Gasteiger partial charge is 0.203 e. The first-order valence-electron chi connectivity index (χ1n) is 8.68. The molecule has 28 heavy (non-hydrogen) atoms. The molecule has 0 N–H and O–H groups in total. The van der Waals surface area contributed by atoms with Gasteiger partial charge in [-0.25, -0.2) is 9.07 Å². The summed E-state index contributed by atoms with van der Waals surface area (Å²) in [6.07, 6.45) is 1.80. The summed E-state index contributed by atoms with van der Waals surface area (Å²) in [5.74, 6) is 1.37. The molecule has 3 aromatic carbocycles. The predicted molar refractivity (Wildman–Crippen MR) is 106 cm³/mol. The molecule has 5 nitrogen and oxygen atoms in total. The van der Waals surface area contributed by atoms with Crippen molar-refractivity contribution in [1.29, 1.82) is 0 Å². The van der Waals surface area contributed by atoms with E-state index in [1.54, 1.807) is 39.7 Å². The van der Waals surface area contributed by atoms with E-state index in [1.165, 1.54) is 12.1 Å². The third kappa shape index (κ3) is 3.03. The Morgan fingerprint density at radius 1 is 0.786 bits per heavy atom. The Morgan fingerprint density at radius 2 is 1.43 bits per heavy atom. The number of nitrogens with zero attached hydrogens (tertiary/aromatic N) is 2. The number of ether oxygens (including phenoxy) is 3. The first-order chi connectivity index (χ1) is 13.6. The van der Waals surface area contributed by atoms with Gasteiger partial charge in [0.2, 0.25) is 5.75 Å². The Hall–Kier alpha value is -3.54. The monoisotopic (exact) mass is 378 g/mol. The van der Waals surface area contributed by atoms with Crippen LogP contribution in [0, 0.1) is 5.82 Å². The molecule has 0 unspecified atom stereocenters. The molecule has 1 aromatic heterocycles. The van der Waals surface area contributed by atoms with E-state index in [2.05, 4.69) is 5.10 Å². The van der Waals surface area contributed by atoms with Crippen LogP contribution in [0.1, 0.15) is 0 Å². The van der Waals surface area contributed by atoms with Crippen molar-refractivity contribution in [2.24, 2.45) is 0 Å². The zero-order valence-electron chi connectivity index (χ0n) is 15.8. The summed E-state index contributed by atoms with van der Waals surface area (Å²) in [6, 6.07) is 16.1. The lowest BCUT2D eigenvalue weighted by atomic mass is 10.0. The second kappa shape index (κ2) is 7.23. The van der Waals surface area contributed by atoms with E-state index in [0.29, 0.717) is 17.2 Å².